The van der Waals surface area contributed by atoms with E-state index in [4.69, 9.17) is 22.1 Å². The Morgan fingerprint density at radius 2 is 2.31 bits per heavy atom. The van der Waals surface area contributed by atoms with Gasteiger partial charge in [0, 0.05) is 12.3 Å². The van der Waals surface area contributed by atoms with Gasteiger partial charge >= 0.3 is 0 Å². The van der Waals surface area contributed by atoms with Crippen molar-refractivity contribution >= 4 is 34.7 Å². The Morgan fingerprint density at radius 1 is 1.46 bits per heavy atom. The molecule has 0 atom stereocenters. The molecular formula is C8H12ClNOS2. The molecule has 0 spiro atoms. The second-order valence-corrected chi connectivity index (χ2v) is 5.42. The molecule has 0 unspecified atom stereocenters. The topological polar surface area (TPSA) is 35.2 Å². The Labute approximate surface area is 91.4 Å². The van der Waals surface area contributed by atoms with Crippen LogP contribution in [-0.2, 0) is 4.74 Å². The Morgan fingerprint density at radius 3 is 2.92 bits per heavy atom. The lowest BCUT2D eigenvalue weighted by atomic mass is 10.7. The zero-order valence-corrected chi connectivity index (χ0v) is 9.55. The third-order valence-corrected chi connectivity index (χ3v) is 3.70. The molecule has 0 aliphatic rings. The molecule has 0 aliphatic heterocycles. The van der Waals surface area contributed by atoms with Crippen LogP contribution in [0.2, 0.25) is 4.34 Å². The first-order chi connectivity index (χ1) is 6.33. The number of thioether (sulfide) groups is 1. The van der Waals surface area contributed by atoms with E-state index < -0.39 is 0 Å². The molecule has 2 nitrogen and oxygen atoms in total. The highest BCUT2D eigenvalue weighted by Crippen LogP contribution is 2.29. The van der Waals surface area contributed by atoms with Crippen molar-refractivity contribution in [2.75, 3.05) is 25.5 Å². The Bertz CT molecular complexity index is 242. The zero-order chi connectivity index (χ0) is 9.52. The first kappa shape index (κ1) is 11.3. The second-order valence-electron chi connectivity index (χ2n) is 2.31. The molecular weight excluding hydrogens is 226 g/mol. The minimum Gasteiger partial charge on any atom is -0.379 e. The predicted octanol–water partition coefficient (Wildman–Crippen LogP) is 2.47. The van der Waals surface area contributed by atoms with E-state index in [1.807, 2.05) is 12.1 Å². The van der Waals surface area contributed by atoms with Crippen molar-refractivity contribution in [1.29, 1.82) is 0 Å². The fraction of sp³-hybridized carbons (Fsp3) is 0.500. The highest BCUT2D eigenvalue weighted by Gasteiger charge is 1.97. The molecule has 1 rings (SSSR count). The van der Waals surface area contributed by atoms with E-state index in [1.165, 1.54) is 4.21 Å². The van der Waals surface area contributed by atoms with Gasteiger partial charge in [-0.2, -0.15) is 0 Å². The lowest BCUT2D eigenvalue weighted by molar-refractivity contribution is 0.158. The summed E-state index contributed by atoms with van der Waals surface area (Å²) in [7, 11) is 0. The average molecular weight is 238 g/mol. The molecule has 5 heteroatoms. The summed E-state index contributed by atoms with van der Waals surface area (Å²) < 4.78 is 7.31. The molecule has 0 aliphatic carbocycles. The smallest absolute Gasteiger partial charge is 0.0940 e. The van der Waals surface area contributed by atoms with Crippen LogP contribution in [0.5, 0.6) is 0 Å². The summed E-state index contributed by atoms with van der Waals surface area (Å²) in [5.74, 6) is 0.955. The fourth-order valence-electron chi connectivity index (χ4n) is 0.762. The molecule has 0 radical (unpaired) electrons. The first-order valence-corrected chi connectivity index (χ1v) is 6.17. The summed E-state index contributed by atoms with van der Waals surface area (Å²) in [6.45, 7) is 1.98. The highest BCUT2D eigenvalue weighted by atomic mass is 35.5. The quantitative estimate of drug-likeness (QED) is 0.610. The maximum atomic E-state index is 5.78. The van der Waals surface area contributed by atoms with Gasteiger partial charge < -0.3 is 10.5 Å². The van der Waals surface area contributed by atoms with E-state index in [9.17, 15) is 0 Å². The van der Waals surface area contributed by atoms with Crippen LogP contribution in [0.15, 0.2) is 16.3 Å². The van der Waals surface area contributed by atoms with E-state index in [0.29, 0.717) is 13.2 Å². The van der Waals surface area contributed by atoms with Crippen molar-refractivity contribution in [3.8, 4) is 0 Å². The number of ether oxygens (including phenoxy) is 1. The predicted molar refractivity (Wildman–Crippen MR) is 59.9 cm³/mol. The number of rotatable bonds is 6. The van der Waals surface area contributed by atoms with Gasteiger partial charge in [0.2, 0.25) is 0 Å². The Balaban J connectivity index is 2.06. The SMILES string of the molecule is NCCOCCSc1ccc(Cl)s1. The van der Waals surface area contributed by atoms with Gasteiger partial charge in [0.25, 0.3) is 0 Å². The zero-order valence-electron chi connectivity index (χ0n) is 7.16. The first-order valence-electron chi connectivity index (χ1n) is 3.99. The van der Waals surface area contributed by atoms with E-state index in [2.05, 4.69) is 0 Å². The Hall–Kier alpha value is 0.260. The van der Waals surface area contributed by atoms with Crippen LogP contribution in [0, 0.1) is 0 Å². The van der Waals surface area contributed by atoms with Crippen LogP contribution in [0.25, 0.3) is 0 Å². The lowest BCUT2D eigenvalue weighted by Crippen LogP contribution is -2.09. The standard InChI is InChI=1S/C8H12ClNOS2/c9-7-1-2-8(13-7)12-6-5-11-4-3-10/h1-2H,3-6,10H2. The third-order valence-electron chi connectivity index (χ3n) is 1.28. The van der Waals surface area contributed by atoms with E-state index >= 15 is 0 Å². The normalized spacial score (nSPS) is 10.6. The van der Waals surface area contributed by atoms with Gasteiger partial charge in [-0.1, -0.05) is 11.6 Å². The molecule has 0 amide bonds. The number of hydrogen-bond donors (Lipinski definition) is 1. The fourth-order valence-corrected chi connectivity index (χ4v) is 3.00. The number of nitrogens with two attached hydrogens (primary N) is 1. The van der Waals surface area contributed by atoms with Crippen LogP contribution in [0.3, 0.4) is 0 Å². The molecule has 0 aromatic carbocycles. The summed E-state index contributed by atoms with van der Waals surface area (Å²) in [6, 6.07) is 3.94. The lowest BCUT2D eigenvalue weighted by Gasteiger charge is -2.00. The maximum Gasteiger partial charge on any atom is 0.0940 e. The molecule has 13 heavy (non-hydrogen) atoms. The molecule has 0 saturated carbocycles. The van der Waals surface area contributed by atoms with Gasteiger partial charge in [-0.15, -0.1) is 23.1 Å². The van der Waals surface area contributed by atoms with Gasteiger partial charge in [-0.05, 0) is 12.1 Å². The van der Waals surface area contributed by atoms with Crippen LogP contribution in [-0.4, -0.2) is 25.5 Å². The molecule has 2 N–H and O–H groups in total. The van der Waals surface area contributed by atoms with Gasteiger partial charge in [0.05, 0.1) is 21.8 Å². The summed E-state index contributed by atoms with van der Waals surface area (Å²) in [5, 5.41) is 0. The monoisotopic (exact) mass is 237 g/mol. The van der Waals surface area contributed by atoms with Gasteiger partial charge in [0.15, 0.2) is 0 Å². The van der Waals surface area contributed by atoms with Crippen molar-refractivity contribution in [3.05, 3.63) is 16.5 Å². The summed E-state index contributed by atoms with van der Waals surface area (Å²) >= 11 is 9.14. The molecule has 0 bridgehead atoms. The number of halogens is 1. The van der Waals surface area contributed by atoms with E-state index in [-0.39, 0.29) is 0 Å². The van der Waals surface area contributed by atoms with Crippen LogP contribution >= 0.6 is 34.7 Å². The molecule has 74 valence electrons. The van der Waals surface area contributed by atoms with Gasteiger partial charge in [-0.25, -0.2) is 0 Å². The van der Waals surface area contributed by atoms with Crippen LogP contribution < -0.4 is 5.73 Å². The molecule has 0 saturated heterocycles. The minimum absolute atomic E-state index is 0.593. The van der Waals surface area contributed by atoms with Crippen molar-refractivity contribution in [2.24, 2.45) is 5.73 Å². The largest absolute Gasteiger partial charge is 0.379 e. The van der Waals surface area contributed by atoms with Gasteiger partial charge in [0.1, 0.15) is 0 Å². The van der Waals surface area contributed by atoms with Crippen LogP contribution in [0.1, 0.15) is 0 Å². The van der Waals surface area contributed by atoms with Crippen LogP contribution in [0.4, 0.5) is 0 Å². The van der Waals surface area contributed by atoms with E-state index in [1.54, 1.807) is 23.1 Å². The minimum atomic E-state index is 0.593. The molecule has 1 heterocycles. The molecule has 1 aromatic heterocycles. The highest BCUT2D eigenvalue weighted by molar-refractivity contribution is 8.01. The van der Waals surface area contributed by atoms with Crippen molar-refractivity contribution in [2.45, 2.75) is 4.21 Å². The molecule has 1 aromatic rings. The Kier molecular flexibility index (Phi) is 5.82. The van der Waals surface area contributed by atoms with Crippen molar-refractivity contribution < 1.29 is 4.74 Å². The number of thiophene rings is 1. The number of hydrogen-bond acceptors (Lipinski definition) is 4. The van der Waals surface area contributed by atoms with E-state index in [0.717, 1.165) is 16.7 Å². The second kappa shape index (κ2) is 6.68. The average Bonchev–Trinajstić information content (AvgIpc) is 2.51. The third kappa shape index (κ3) is 4.88. The maximum absolute atomic E-state index is 5.78. The van der Waals surface area contributed by atoms with Crippen molar-refractivity contribution in [1.82, 2.24) is 0 Å². The summed E-state index contributed by atoms with van der Waals surface area (Å²) in [6.07, 6.45) is 0. The molecule has 0 fully saturated rings. The summed E-state index contributed by atoms with van der Waals surface area (Å²) in [5.41, 5.74) is 5.28. The van der Waals surface area contributed by atoms with Gasteiger partial charge in [-0.3, -0.25) is 0 Å². The van der Waals surface area contributed by atoms with Crippen molar-refractivity contribution in [3.63, 3.8) is 0 Å². The summed E-state index contributed by atoms with van der Waals surface area (Å²) in [4.78, 5) is 0.